The number of rotatable bonds is 8. The molecule has 0 aromatic rings. The van der Waals surface area contributed by atoms with E-state index in [-0.39, 0.29) is 11.7 Å². The summed E-state index contributed by atoms with van der Waals surface area (Å²) in [5.41, 5.74) is 1.09. The van der Waals surface area contributed by atoms with Crippen molar-refractivity contribution in [1.82, 2.24) is 5.01 Å². The van der Waals surface area contributed by atoms with Crippen LogP contribution in [-0.4, -0.2) is 55.9 Å². The number of carbonyl (C=O) groups is 2. The van der Waals surface area contributed by atoms with Gasteiger partial charge in [0.2, 0.25) is 0 Å². The predicted octanol–water partition coefficient (Wildman–Crippen LogP) is 2.66. The normalized spacial score (nSPS) is 27.4. The van der Waals surface area contributed by atoms with E-state index in [0.29, 0.717) is 31.4 Å². The average Bonchev–Trinajstić information content (AvgIpc) is 3.13. The molecule has 3 atom stereocenters. The first-order chi connectivity index (χ1) is 12.0. The van der Waals surface area contributed by atoms with Gasteiger partial charge in [0.05, 0.1) is 19.8 Å². The van der Waals surface area contributed by atoms with Crippen LogP contribution in [0.3, 0.4) is 0 Å². The molecular weight excluding hydrogens is 320 g/mol. The molecule has 6 nitrogen and oxygen atoms in total. The van der Waals surface area contributed by atoms with Gasteiger partial charge < -0.3 is 9.47 Å². The topological polar surface area (TPSA) is 68.2 Å². The lowest BCUT2D eigenvalue weighted by Crippen LogP contribution is -2.31. The van der Waals surface area contributed by atoms with Crippen LogP contribution in [0, 0.1) is 17.8 Å². The number of nitrogens with zero attached hydrogens (tertiary/aromatic N) is 2. The highest BCUT2D eigenvalue weighted by Gasteiger charge is 2.41. The van der Waals surface area contributed by atoms with E-state index in [9.17, 15) is 9.59 Å². The van der Waals surface area contributed by atoms with Crippen LogP contribution < -0.4 is 0 Å². The fraction of sp³-hybridized carbons (Fsp3) is 0.842. The minimum Gasteiger partial charge on any atom is -0.468 e. The van der Waals surface area contributed by atoms with Crippen molar-refractivity contribution in [2.75, 3.05) is 27.4 Å². The van der Waals surface area contributed by atoms with Crippen molar-refractivity contribution in [3.05, 3.63) is 0 Å². The highest BCUT2D eigenvalue weighted by Crippen LogP contribution is 2.34. The van der Waals surface area contributed by atoms with Gasteiger partial charge in [0.1, 0.15) is 11.7 Å². The van der Waals surface area contributed by atoms with Gasteiger partial charge in [-0.3, -0.25) is 14.6 Å². The van der Waals surface area contributed by atoms with E-state index in [0.717, 1.165) is 37.9 Å². The lowest BCUT2D eigenvalue weighted by atomic mass is 9.88. The molecule has 0 aromatic carbocycles. The van der Waals surface area contributed by atoms with E-state index in [1.165, 1.54) is 7.11 Å². The number of hydrogen-bond acceptors (Lipinski definition) is 6. The van der Waals surface area contributed by atoms with E-state index in [2.05, 4.69) is 18.9 Å². The van der Waals surface area contributed by atoms with Gasteiger partial charge in [-0.15, -0.1) is 0 Å². The van der Waals surface area contributed by atoms with Crippen LogP contribution in [-0.2, 0) is 19.1 Å². The summed E-state index contributed by atoms with van der Waals surface area (Å²) in [6, 6.07) is 0.328. The molecular formula is C19H32N2O4. The first-order valence-electron chi connectivity index (χ1n) is 9.38. The molecule has 1 heterocycles. The number of ether oxygens (including phenoxy) is 2. The summed E-state index contributed by atoms with van der Waals surface area (Å²) in [6.07, 6.45) is 5.01. The Morgan fingerprint density at radius 2 is 2.08 bits per heavy atom. The third-order valence-corrected chi connectivity index (χ3v) is 5.15. The van der Waals surface area contributed by atoms with Gasteiger partial charge in [0.25, 0.3) is 0 Å². The summed E-state index contributed by atoms with van der Waals surface area (Å²) in [4.78, 5) is 24.1. The van der Waals surface area contributed by atoms with Crippen molar-refractivity contribution >= 4 is 17.5 Å². The van der Waals surface area contributed by atoms with Crippen molar-refractivity contribution in [3.8, 4) is 0 Å². The maximum Gasteiger partial charge on any atom is 0.316 e. The maximum atomic E-state index is 12.1. The third-order valence-electron chi connectivity index (χ3n) is 5.15. The lowest BCUT2D eigenvalue weighted by molar-refractivity contribution is -0.149. The molecule has 0 N–H and O–H groups in total. The highest BCUT2D eigenvalue weighted by atomic mass is 16.5. The SMILES string of the molecule is COC[C@@H]1CCCN1/N=C(/CC(C)C)C[C@H]1CCC(=O)[C@@H]1C(=O)OC. The molecule has 6 heteroatoms. The molecule has 0 aromatic heterocycles. The predicted molar refractivity (Wildman–Crippen MR) is 96.3 cm³/mol. The lowest BCUT2D eigenvalue weighted by Gasteiger charge is -2.24. The van der Waals surface area contributed by atoms with E-state index in [1.807, 2.05) is 0 Å². The van der Waals surface area contributed by atoms with Crippen molar-refractivity contribution in [2.45, 2.75) is 58.4 Å². The zero-order chi connectivity index (χ0) is 18.4. The fourth-order valence-corrected chi connectivity index (χ4v) is 4.02. The first kappa shape index (κ1) is 19.9. The molecule has 0 amide bonds. The molecule has 1 aliphatic heterocycles. The number of Topliss-reactive ketones (excluding diaryl/α,β-unsaturated/α-hetero) is 1. The van der Waals surface area contributed by atoms with Crippen LogP contribution in [0.15, 0.2) is 5.10 Å². The molecule has 2 rings (SSSR count). The number of methoxy groups -OCH3 is 2. The number of hydrazone groups is 1. The van der Waals surface area contributed by atoms with Crippen molar-refractivity contribution < 1.29 is 19.1 Å². The van der Waals surface area contributed by atoms with Crippen molar-refractivity contribution in [1.29, 1.82) is 0 Å². The van der Waals surface area contributed by atoms with Gasteiger partial charge in [-0.05, 0) is 43.9 Å². The number of hydrogen-bond donors (Lipinski definition) is 0. The monoisotopic (exact) mass is 352 g/mol. The fourth-order valence-electron chi connectivity index (χ4n) is 4.02. The van der Waals surface area contributed by atoms with Crippen LogP contribution in [0.2, 0.25) is 0 Å². The van der Waals surface area contributed by atoms with E-state index in [4.69, 9.17) is 14.6 Å². The Kier molecular flexibility index (Phi) is 7.41. The first-order valence-corrected chi connectivity index (χ1v) is 9.38. The molecule has 25 heavy (non-hydrogen) atoms. The number of esters is 1. The second-order valence-corrected chi connectivity index (χ2v) is 7.65. The zero-order valence-corrected chi connectivity index (χ0v) is 16.0. The summed E-state index contributed by atoms with van der Waals surface area (Å²) in [5.74, 6) is -0.499. The highest BCUT2D eigenvalue weighted by molar-refractivity contribution is 6.01. The number of ketones is 1. The summed E-state index contributed by atoms with van der Waals surface area (Å²) < 4.78 is 10.2. The Bertz CT molecular complexity index is 504. The standard InChI is InChI=1S/C19H32N2O4/c1-13(2)10-15(20-21-9-5-6-16(21)12-24-3)11-14-7-8-17(22)18(14)19(23)25-4/h13-14,16,18H,5-12H2,1-4H3/b20-15-/t14-,16+,18-/m1/s1. The summed E-state index contributed by atoms with van der Waals surface area (Å²) in [6.45, 7) is 5.97. The van der Waals surface area contributed by atoms with E-state index >= 15 is 0 Å². The van der Waals surface area contributed by atoms with Crippen LogP contribution in [0.5, 0.6) is 0 Å². The average molecular weight is 352 g/mol. The minimum absolute atomic E-state index is 0.0131. The van der Waals surface area contributed by atoms with Crippen LogP contribution in [0.25, 0.3) is 0 Å². The summed E-state index contributed by atoms with van der Waals surface area (Å²) in [7, 11) is 3.08. The van der Waals surface area contributed by atoms with Gasteiger partial charge in [0.15, 0.2) is 0 Å². The van der Waals surface area contributed by atoms with Crippen LogP contribution >= 0.6 is 0 Å². The second kappa shape index (κ2) is 9.32. The third kappa shape index (κ3) is 5.27. The van der Waals surface area contributed by atoms with Crippen molar-refractivity contribution in [3.63, 3.8) is 0 Å². The van der Waals surface area contributed by atoms with Gasteiger partial charge in [0, 0.05) is 25.8 Å². The largest absolute Gasteiger partial charge is 0.468 e. The summed E-state index contributed by atoms with van der Waals surface area (Å²) >= 11 is 0. The van der Waals surface area contributed by atoms with Gasteiger partial charge in [-0.1, -0.05) is 13.8 Å². The van der Waals surface area contributed by atoms with Gasteiger partial charge in [-0.2, -0.15) is 5.10 Å². The van der Waals surface area contributed by atoms with Crippen LogP contribution in [0.1, 0.15) is 52.4 Å². The quantitative estimate of drug-likeness (QED) is 0.382. The molecule has 1 aliphatic carbocycles. The Labute approximate surface area is 150 Å². The molecule has 0 unspecified atom stereocenters. The smallest absolute Gasteiger partial charge is 0.316 e. The molecule has 1 saturated carbocycles. The second-order valence-electron chi connectivity index (χ2n) is 7.65. The molecule has 2 aliphatic rings. The maximum absolute atomic E-state index is 12.1. The Morgan fingerprint density at radius 3 is 2.72 bits per heavy atom. The molecule has 142 valence electrons. The Balaban J connectivity index is 2.13. The van der Waals surface area contributed by atoms with Gasteiger partial charge >= 0.3 is 5.97 Å². The molecule has 0 bridgehead atoms. The molecule has 2 fully saturated rings. The molecule has 0 spiro atoms. The Hall–Kier alpha value is -1.43. The molecule has 1 saturated heterocycles. The van der Waals surface area contributed by atoms with Crippen LogP contribution in [0.4, 0.5) is 0 Å². The van der Waals surface area contributed by atoms with Crippen molar-refractivity contribution in [2.24, 2.45) is 22.9 Å². The Morgan fingerprint density at radius 1 is 1.32 bits per heavy atom. The van der Waals surface area contributed by atoms with Gasteiger partial charge in [-0.25, -0.2) is 0 Å². The molecule has 0 radical (unpaired) electrons. The minimum atomic E-state index is -0.615. The summed E-state index contributed by atoms with van der Waals surface area (Å²) in [5, 5.41) is 7.07. The van der Waals surface area contributed by atoms with E-state index < -0.39 is 11.9 Å². The number of carbonyl (C=O) groups excluding carboxylic acids is 2. The zero-order valence-electron chi connectivity index (χ0n) is 16.0. The van der Waals surface area contributed by atoms with E-state index in [1.54, 1.807) is 7.11 Å².